The van der Waals surface area contributed by atoms with Crippen LogP contribution in [0.1, 0.15) is 0 Å². The van der Waals surface area contributed by atoms with Gasteiger partial charge < -0.3 is 10.8 Å². The first-order valence-corrected chi connectivity index (χ1v) is 3.36. The van der Waals surface area contributed by atoms with E-state index < -0.39 is 36.1 Å². The van der Waals surface area contributed by atoms with Gasteiger partial charge in [0.2, 0.25) is 0 Å². The van der Waals surface area contributed by atoms with Gasteiger partial charge in [0.1, 0.15) is 6.04 Å². The van der Waals surface area contributed by atoms with Gasteiger partial charge in [0.25, 0.3) is 0 Å². The highest BCUT2D eigenvalue weighted by molar-refractivity contribution is 5.73. The topological polar surface area (TPSA) is 66.6 Å². The Morgan fingerprint density at radius 2 is 1.53 bits per heavy atom. The number of carboxylic acid groups (broad SMARTS) is 1. The zero-order valence-electron chi connectivity index (χ0n) is 6.93. The number of alkyl halides is 6. The van der Waals surface area contributed by atoms with Crippen LogP contribution >= 0.6 is 0 Å². The Hall–Kier alpha value is -1.03. The SMILES string of the molecule is NC(CN(C(F)(F)F)C(F)(F)F)C(=O)O. The summed E-state index contributed by atoms with van der Waals surface area (Å²) >= 11 is 0. The molecule has 0 aliphatic heterocycles. The molecule has 0 spiro atoms. The van der Waals surface area contributed by atoms with Crippen molar-refractivity contribution in [1.29, 1.82) is 0 Å². The smallest absolute Gasteiger partial charge is 0.467 e. The minimum atomic E-state index is -5.72. The molecule has 0 rings (SSSR count). The van der Waals surface area contributed by atoms with Crippen molar-refractivity contribution in [2.45, 2.75) is 18.6 Å². The number of carboxylic acids is 1. The monoisotopic (exact) mass is 240 g/mol. The zero-order valence-corrected chi connectivity index (χ0v) is 6.93. The number of hydrogen-bond donors (Lipinski definition) is 2. The van der Waals surface area contributed by atoms with E-state index in [0.29, 0.717) is 0 Å². The van der Waals surface area contributed by atoms with E-state index in [1.54, 1.807) is 0 Å². The standard InChI is InChI=1S/C5H6F6N2O2/c6-4(7,8)13(5(9,10)11)1-2(12)3(14)15/h2H,1,12H2,(H,14,15). The first kappa shape index (κ1) is 14.0. The Kier molecular flexibility index (Phi) is 3.94. The molecule has 1 atom stereocenters. The van der Waals surface area contributed by atoms with Crippen molar-refractivity contribution in [3.8, 4) is 0 Å². The highest BCUT2D eigenvalue weighted by atomic mass is 19.4. The summed E-state index contributed by atoms with van der Waals surface area (Å²) in [4.78, 5) is 8.11. The number of hydrogen-bond acceptors (Lipinski definition) is 3. The summed E-state index contributed by atoms with van der Waals surface area (Å²) in [6.07, 6.45) is -11.4. The predicted octanol–water partition coefficient (Wildman–Crippen LogP) is 0.740. The van der Waals surface area contributed by atoms with Gasteiger partial charge in [-0.15, -0.1) is 4.90 Å². The fourth-order valence-electron chi connectivity index (χ4n) is 0.626. The van der Waals surface area contributed by atoms with Gasteiger partial charge in [-0.1, -0.05) is 0 Å². The average Bonchev–Trinajstić information content (AvgIpc) is 1.94. The zero-order chi connectivity index (χ0) is 12.4. The van der Waals surface area contributed by atoms with Gasteiger partial charge in [0.05, 0.1) is 0 Å². The lowest BCUT2D eigenvalue weighted by Crippen LogP contribution is -2.54. The van der Waals surface area contributed by atoms with Crippen molar-refractivity contribution >= 4 is 5.97 Å². The molecule has 0 radical (unpaired) electrons. The maximum Gasteiger partial charge on any atom is 0.467 e. The van der Waals surface area contributed by atoms with Crippen LogP contribution in [0.2, 0.25) is 0 Å². The molecule has 90 valence electrons. The highest BCUT2D eigenvalue weighted by Crippen LogP contribution is 2.33. The summed E-state index contributed by atoms with van der Waals surface area (Å²) < 4.78 is 70.8. The molecular weight excluding hydrogens is 234 g/mol. The molecule has 0 aromatic heterocycles. The van der Waals surface area contributed by atoms with Crippen molar-refractivity contribution < 1.29 is 36.2 Å². The Morgan fingerprint density at radius 3 is 1.73 bits per heavy atom. The molecule has 0 heterocycles. The largest absolute Gasteiger partial charge is 0.480 e. The molecule has 0 amide bonds. The molecule has 0 aromatic carbocycles. The van der Waals surface area contributed by atoms with Crippen molar-refractivity contribution in [3.63, 3.8) is 0 Å². The molecular formula is C5H6F6N2O2. The van der Waals surface area contributed by atoms with E-state index in [0.717, 1.165) is 0 Å². The van der Waals surface area contributed by atoms with E-state index in [9.17, 15) is 31.1 Å². The number of rotatable bonds is 3. The highest BCUT2D eigenvalue weighted by Gasteiger charge is 2.54. The van der Waals surface area contributed by atoms with Gasteiger partial charge in [-0.05, 0) is 0 Å². The normalized spacial score (nSPS) is 15.5. The summed E-state index contributed by atoms with van der Waals surface area (Å²) in [5, 5.41) is 8.08. The van der Waals surface area contributed by atoms with Crippen molar-refractivity contribution in [2.75, 3.05) is 6.54 Å². The minimum Gasteiger partial charge on any atom is -0.480 e. The third-order valence-corrected chi connectivity index (χ3v) is 1.31. The van der Waals surface area contributed by atoms with E-state index >= 15 is 0 Å². The summed E-state index contributed by atoms with van der Waals surface area (Å²) in [5.41, 5.74) is 4.57. The summed E-state index contributed by atoms with van der Waals surface area (Å²) in [6, 6.07) is -2.27. The third kappa shape index (κ3) is 4.34. The molecule has 0 aliphatic carbocycles. The van der Waals surface area contributed by atoms with Crippen molar-refractivity contribution in [1.82, 2.24) is 4.90 Å². The van der Waals surface area contributed by atoms with Gasteiger partial charge in [0, 0.05) is 6.54 Å². The van der Waals surface area contributed by atoms with Crippen LogP contribution in [-0.2, 0) is 4.79 Å². The van der Waals surface area contributed by atoms with Crippen LogP contribution in [0, 0.1) is 0 Å². The van der Waals surface area contributed by atoms with E-state index in [-0.39, 0.29) is 0 Å². The molecule has 3 N–H and O–H groups in total. The van der Waals surface area contributed by atoms with Crippen LogP contribution < -0.4 is 5.73 Å². The maximum absolute atomic E-state index is 11.8. The Morgan fingerprint density at radius 1 is 1.20 bits per heavy atom. The number of nitrogens with zero attached hydrogens (tertiary/aromatic N) is 1. The predicted molar refractivity (Wildman–Crippen MR) is 34.4 cm³/mol. The van der Waals surface area contributed by atoms with E-state index in [4.69, 9.17) is 5.11 Å². The van der Waals surface area contributed by atoms with Crippen molar-refractivity contribution in [3.05, 3.63) is 0 Å². The Bertz CT molecular complexity index is 223. The van der Waals surface area contributed by atoms with Gasteiger partial charge in [-0.3, -0.25) is 4.79 Å². The fourth-order valence-corrected chi connectivity index (χ4v) is 0.626. The molecule has 0 aliphatic rings. The summed E-state index contributed by atoms with van der Waals surface area (Å²) in [6.45, 7) is -1.89. The van der Waals surface area contributed by atoms with Crippen LogP contribution in [0.25, 0.3) is 0 Å². The second-order valence-corrected chi connectivity index (χ2v) is 2.49. The number of aliphatic carboxylic acids is 1. The first-order chi connectivity index (χ1) is 6.46. The lowest BCUT2D eigenvalue weighted by Gasteiger charge is -2.27. The first-order valence-electron chi connectivity index (χ1n) is 3.36. The third-order valence-electron chi connectivity index (χ3n) is 1.31. The minimum absolute atomic E-state index is 1.89. The molecule has 0 bridgehead atoms. The lowest BCUT2D eigenvalue weighted by molar-refractivity contribution is -0.373. The molecule has 0 saturated carbocycles. The Balaban J connectivity index is 4.77. The van der Waals surface area contributed by atoms with Crippen LogP contribution in [0.3, 0.4) is 0 Å². The van der Waals surface area contributed by atoms with Gasteiger partial charge in [-0.25, -0.2) is 0 Å². The molecule has 0 aromatic rings. The van der Waals surface area contributed by atoms with E-state index in [1.807, 2.05) is 0 Å². The number of halogens is 6. The quantitative estimate of drug-likeness (QED) is 0.564. The summed E-state index contributed by atoms with van der Waals surface area (Å²) in [5.74, 6) is -1.95. The van der Waals surface area contributed by atoms with E-state index in [1.165, 1.54) is 0 Å². The molecule has 0 fully saturated rings. The van der Waals surface area contributed by atoms with Gasteiger partial charge in [0.15, 0.2) is 0 Å². The molecule has 10 heteroatoms. The maximum atomic E-state index is 11.8. The van der Waals surface area contributed by atoms with Gasteiger partial charge in [-0.2, -0.15) is 26.3 Å². The molecule has 0 saturated heterocycles. The van der Waals surface area contributed by atoms with Crippen molar-refractivity contribution in [2.24, 2.45) is 5.73 Å². The molecule has 15 heavy (non-hydrogen) atoms. The lowest BCUT2D eigenvalue weighted by atomic mass is 10.3. The summed E-state index contributed by atoms with van der Waals surface area (Å²) in [7, 11) is 0. The van der Waals surface area contributed by atoms with Crippen LogP contribution in [-0.4, -0.2) is 41.2 Å². The average molecular weight is 240 g/mol. The molecule has 1 unspecified atom stereocenters. The van der Waals surface area contributed by atoms with Crippen LogP contribution in [0.4, 0.5) is 26.3 Å². The molecule has 4 nitrogen and oxygen atoms in total. The number of carbonyl (C=O) groups is 1. The second kappa shape index (κ2) is 4.23. The van der Waals surface area contributed by atoms with Crippen LogP contribution in [0.5, 0.6) is 0 Å². The van der Waals surface area contributed by atoms with Gasteiger partial charge >= 0.3 is 18.6 Å². The fraction of sp³-hybridized carbons (Fsp3) is 0.800. The van der Waals surface area contributed by atoms with Crippen LogP contribution in [0.15, 0.2) is 0 Å². The second-order valence-electron chi connectivity index (χ2n) is 2.49. The number of nitrogens with two attached hydrogens (primary N) is 1. The van der Waals surface area contributed by atoms with E-state index in [2.05, 4.69) is 5.73 Å². The Labute approximate surface area is 79.2 Å².